The summed E-state index contributed by atoms with van der Waals surface area (Å²) >= 11 is 0. The number of carbonyl (C=O) groups excluding carboxylic acids is 2. The molecule has 2 amide bonds. The Morgan fingerprint density at radius 2 is 2.27 bits per heavy atom. The van der Waals surface area contributed by atoms with Gasteiger partial charge in [0.05, 0.1) is 19.2 Å². The van der Waals surface area contributed by atoms with Gasteiger partial charge in [-0.3, -0.25) is 9.59 Å². The molecular weight excluding hydrogens is 287 g/mol. The fraction of sp³-hybridized carbons (Fsp3) is 0.500. The lowest BCUT2D eigenvalue weighted by molar-refractivity contribution is -0.133. The molecule has 1 saturated heterocycles. The number of amides is 2. The van der Waals surface area contributed by atoms with Crippen LogP contribution in [-0.4, -0.2) is 36.4 Å². The Labute approximate surface area is 129 Å². The molecule has 1 aliphatic heterocycles. The van der Waals surface area contributed by atoms with Gasteiger partial charge in [0, 0.05) is 13.0 Å². The molecule has 1 N–H and O–H groups in total. The minimum atomic E-state index is -0.449. The van der Waals surface area contributed by atoms with Gasteiger partial charge in [0.2, 0.25) is 11.8 Å². The van der Waals surface area contributed by atoms with E-state index in [1.807, 2.05) is 0 Å². The second-order valence-electron chi connectivity index (χ2n) is 5.33. The molecule has 5 nitrogen and oxygen atoms in total. The summed E-state index contributed by atoms with van der Waals surface area (Å²) in [6, 6.07) is 4.30. The molecule has 1 unspecified atom stereocenters. The predicted molar refractivity (Wildman–Crippen MR) is 79.9 cm³/mol. The molecule has 0 saturated carbocycles. The lowest BCUT2D eigenvalue weighted by Crippen LogP contribution is -2.38. The van der Waals surface area contributed by atoms with Crippen molar-refractivity contribution < 1.29 is 18.7 Å². The van der Waals surface area contributed by atoms with Crippen molar-refractivity contribution in [3.8, 4) is 5.75 Å². The Balaban J connectivity index is 1.93. The molecule has 0 radical (unpaired) electrons. The Hall–Kier alpha value is -2.11. The third-order valence-corrected chi connectivity index (χ3v) is 3.64. The topological polar surface area (TPSA) is 58.6 Å². The molecule has 1 fully saturated rings. The highest BCUT2D eigenvalue weighted by molar-refractivity contribution is 5.86. The summed E-state index contributed by atoms with van der Waals surface area (Å²) in [4.78, 5) is 25.0. The first-order valence-electron chi connectivity index (χ1n) is 7.50. The average molecular weight is 308 g/mol. The van der Waals surface area contributed by atoms with Crippen molar-refractivity contribution >= 4 is 11.8 Å². The summed E-state index contributed by atoms with van der Waals surface area (Å²) in [6.45, 7) is 4.64. The Kier molecular flexibility index (Phi) is 5.35. The fourth-order valence-corrected chi connectivity index (χ4v) is 2.47. The van der Waals surface area contributed by atoms with Gasteiger partial charge < -0.3 is 15.0 Å². The van der Waals surface area contributed by atoms with E-state index in [-0.39, 0.29) is 30.2 Å². The highest BCUT2D eigenvalue weighted by Gasteiger charge is 2.23. The van der Waals surface area contributed by atoms with Crippen LogP contribution in [0.1, 0.15) is 38.3 Å². The highest BCUT2D eigenvalue weighted by Crippen LogP contribution is 2.22. The van der Waals surface area contributed by atoms with Gasteiger partial charge in [0.25, 0.3) is 0 Å². The normalized spacial score (nSPS) is 15.8. The number of likely N-dealkylation sites (tertiary alicyclic amines) is 1. The molecule has 0 bridgehead atoms. The van der Waals surface area contributed by atoms with Gasteiger partial charge >= 0.3 is 0 Å². The van der Waals surface area contributed by atoms with E-state index in [4.69, 9.17) is 4.74 Å². The third-order valence-electron chi connectivity index (χ3n) is 3.64. The zero-order valence-corrected chi connectivity index (χ0v) is 12.9. The SMILES string of the molecule is CCOc1ccc(C(C)NC(=O)CN2CCCC2=O)cc1F. The molecule has 1 aromatic rings. The van der Waals surface area contributed by atoms with Crippen molar-refractivity contribution in [3.63, 3.8) is 0 Å². The largest absolute Gasteiger partial charge is 0.491 e. The van der Waals surface area contributed by atoms with Crippen LogP contribution in [0.2, 0.25) is 0 Å². The number of ether oxygens (including phenoxy) is 1. The van der Waals surface area contributed by atoms with Crippen molar-refractivity contribution in [1.82, 2.24) is 10.2 Å². The van der Waals surface area contributed by atoms with Crippen LogP contribution in [0.25, 0.3) is 0 Å². The van der Waals surface area contributed by atoms with Crippen LogP contribution in [0, 0.1) is 5.82 Å². The molecule has 1 heterocycles. The van der Waals surface area contributed by atoms with Crippen molar-refractivity contribution in [2.24, 2.45) is 0 Å². The smallest absolute Gasteiger partial charge is 0.240 e. The monoisotopic (exact) mass is 308 g/mol. The first-order chi connectivity index (χ1) is 10.5. The lowest BCUT2D eigenvalue weighted by Gasteiger charge is -2.19. The number of hydrogen-bond acceptors (Lipinski definition) is 3. The molecule has 0 spiro atoms. The van der Waals surface area contributed by atoms with E-state index >= 15 is 0 Å². The maximum absolute atomic E-state index is 13.8. The van der Waals surface area contributed by atoms with Gasteiger partial charge in [-0.05, 0) is 38.0 Å². The van der Waals surface area contributed by atoms with Crippen LogP contribution in [0.4, 0.5) is 4.39 Å². The number of nitrogens with zero attached hydrogens (tertiary/aromatic N) is 1. The van der Waals surface area contributed by atoms with Gasteiger partial charge in [0.1, 0.15) is 0 Å². The number of hydrogen-bond donors (Lipinski definition) is 1. The Bertz CT molecular complexity index is 562. The molecule has 120 valence electrons. The van der Waals surface area contributed by atoms with E-state index in [1.165, 1.54) is 6.07 Å². The quantitative estimate of drug-likeness (QED) is 0.875. The van der Waals surface area contributed by atoms with Crippen LogP contribution in [0.5, 0.6) is 5.75 Å². The zero-order valence-electron chi connectivity index (χ0n) is 12.9. The van der Waals surface area contributed by atoms with E-state index in [0.717, 1.165) is 6.42 Å². The average Bonchev–Trinajstić information content (AvgIpc) is 2.86. The van der Waals surface area contributed by atoms with E-state index < -0.39 is 5.82 Å². The van der Waals surface area contributed by atoms with E-state index in [2.05, 4.69) is 5.32 Å². The summed E-state index contributed by atoms with van der Waals surface area (Å²) < 4.78 is 19.0. The summed E-state index contributed by atoms with van der Waals surface area (Å²) in [5.41, 5.74) is 0.655. The summed E-state index contributed by atoms with van der Waals surface area (Å²) in [5.74, 6) is -0.477. The van der Waals surface area contributed by atoms with E-state index in [1.54, 1.807) is 30.9 Å². The zero-order chi connectivity index (χ0) is 16.1. The third kappa shape index (κ3) is 3.96. The molecule has 0 aliphatic carbocycles. The maximum Gasteiger partial charge on any atom is 0.240 e. The molecule has 6 heteroatoms. The number of halogens is 1. The van der Waals surface area contributed by atoms with Crippen LogP contribution >= 0.6 is 0 Å². The van der Waals surface area contributed by atoms with Crippen LogP contribution in [0.15, 0.2) is 18.2 Å². The molecule has 22 heavy (non-hydrogen) atoms. The standard InChI is InChI=1S/C16H21FN2O3/c1-3-22-14-7-6-12(9-13(14)17)11(2)18-15(20)10-19-8-4-5-16(19)21/h6-7,9,11H,3-5,8,10H2,1-2H3,(H,18,20). The number of rotatable bonds is 6. The van der Waals surface area contributed by atoms with E-state index in [9.17, 15) is 14.0 Å². The van der Waals surface area contributed by atoms with Crippen LogP contribution in [0.3, 0.4) is 0 Å². The van der Waals surface area contributed by atoms with Crippen molar-refractivity contribution in [2.45, 2.75) is 32.7 Å². The Morgan fingerprint density at radius 3 is 2.86 bits per heavy atom. The molecule has 1 aliphatic rings. The van der Waals surface area contributed by atoms with Crippen LogP contribution < -0.4 is 10.1 Å². The minimum Gasteiger partial charge on any atom is -0.491 e. The van der Waals surface area contributed by atoms with E-state index in [0.29, 0.717) is 25.1 Å². The van der Waals surface area contributed by atoms with Gasteiger partial charge in [0.15, 0.2) is 11.6 Å². The molecule has 0 aromatic heterocycles. The fourth-order valence-electron chi connectivity index (χ4n) is 2.47. The minimum absolute atomic E-state index is 0.00918. The predicted octanol–water partition coefficient (Wildman–Crippen LogP) is 2.02. The number of nitrogens with one attached hydrogen (secondary N) is 1. The maximum atomic E-state index is 13.8. The highest BCUT2D eigenvalue weighted by atomic mass is 19.1. The second kappa shape index (κ2) is 7.24. The van der Waals surface area contributed by atoms with Gasteiger partial charge in [-0.1, -0.05) is 6.07 Å². The first kappa shape index (κ1) is 16.3. The van der Waals surface area contributed by atoms with Crippen molar-refractivity contribution in [3.05, 3.63) is 29.6 Å². The van der Waals surface area contributed by atoms with Gasteiger partial charge in [-0.15, -0.1) is 0 Å². The van der Waals surface area contributed by atoms with Crippen LogP contribution in [-0.2, 0) is 9.59 Å². The van der Waals surface area contributed by atoms with Crippen molar-refractivity contribution in [1.29, 1.82) is 0 Å². The summed E-state index contributed by atoms with van der Waals surface area (Å²) in [6.07, 6.45) is 1.30. The van der Waals surface area contributed by atoms with Gasteiger partial charge in [-0.25, -0.2) is 4.39 Å². The molecular formula is C16H21FN2O3. The first-order valence-corrected chi connectivity index (χ1v) is 7.50. The molecule has 1 atom stereocenters. The van der Waals surface area contributed by atoms with Gasteiger partial charge in [-0.2, -0.15) is 0 Å². The molecule has 2 rings (SSSR count). The summed E-state index contributed by atoms with van der Waals surface area (Å²) in [7, 11) is 0. The Morgan fingerprint density at radius 1 is 1.50 bits per heavy atom. The van der Waals surface area contributed by atoms with Crippen molar-refractivity contribution in [2.75, 3.05) is 19.7 Å². The lowest BCUT2D eigenvalue weighted by atomic mass is 10.1. The number of benzene rings is 1. The molecule has 1 aromatic carbocycles. The number of carbonyl (C=O) groups is 2. The summed E-state index contributed by atoms with van der Waals surface area (Å²) in [5, 5.41) is 2.78. The second-order valence-corrected chi connectivity index (χ2v) is 5.33.